The van der Waals surface area contributed by atoms with Gasteiger partial charge in [0, 0.05) is 5.69 Å². The lowest BCUT2D eigenvalue weighted by atomic mass is 10.0. The number of hydrogen-bond donors (Lipinski definition) is 1. The molecule has 2 heteroatoms. The van der Waals surface area contributed by atoms with Crippen molar-refractivity contribution in [3.05, 3.63) is 28.1 Å². The lowest BCUT2D eigenvalue weighted by Gasteiger charge is -2.10. The second-order valence-electron chi connectivity index (χ2n) is 3.18. The van der Waals surface area contributed by atoms with Gasteiger partial charge in [-0.05, 0) is 44.4 Å². The minimum atomic E-state index is 0.0355. The third kappa shape index (κ3) is 1.34. The molecule has 1 N–H and O–H groups in total. The van der Waals surface area contributed by atoms with Gasteiger partial charge >= 0.3 is 0 Å². The monoisotopic (exact) mass is 165 g/mol. The number of nitrogens with zero attached hydrogens (tertiary/aromatic N) is 1. The summed E-state index contributed by atoms with van der Waals surface area (Å²) in [6.07, 6.45) is 0. The number of hydrogen-bond acceptors (Lipinski definition) is 2. The third-order valence-electron chi connectivity index (χ3n) is 2.55. The van der Waals surface area contributed by atoms with Gasteiger partial charge in [-0.1, -0.05) is 0 Å². The summed E-state index contributed by atoms with van der Waals surface area (Å²) in [4.78, 5) is 4.30. The molecule has 0 saturated heterocycles. The van der Waals surface area contributed by atoms with Crippen LogP contribution in [-0.4, -0.2) is 10.1 Å². The van der Waals surface area contributed by atoms with Crippen molar-refractivity contribution in [3.8, 4) is 0 Å². The third-order valence-corrected chi connectivity index (χ3v) is 2.55. The van der Waals surface area contributed by atoms with Crippen molar-refractivity contribution < 1.29 is 5.11 Å². The van der Waals surface area contributed by atoms with Gasteiger partial charge in [-0.25, -0.2) is 0 Å². The highest BCUT2D eigenvalue weighted by atomic mass is 16.3. The molecule has 0 bridgehead atoms. The average Bonchev–Trinajstić information content (AvgIpc) is 2.08. The van der Waals surface area contributed by atoms with E-state index in [4.69, 9.17) is 5.11 Å². The smallest absolute Gasteiger partial charge is 0.0855 e. The topological polar surface area (TPSA) is 33.1 Å². The predicted molar refractivity (Wildman–Crippen MR) is 49.1 cm³/mol. The van der Waals surface area contributed by atoms with E-state index in [0.717, 1.165) is 17.0 Å². The van der Waals surface area contributed by atoms with E-state index in [2.05, 4.69) is 18.8 Å². The zero-order valence-electron chi connectivity index (χ0n) is 8.10. The molecule has 1 aromatic rings. The van der Waals surface area contributed by atoms with Crippen LogP contribution in [0.15, 0.2) is 0 Å². The quantitative estimate of drug-likeness (QED) is 0.688. The van der Waals surface area contributed by atoms with Gasteiger partial charge < -0.3 is 5.11 Å². The SMILES string of the molecule is Cc1nc(CO)c(C)c(C)c1C. The second-order valence-corrected chi connectivity index (χ2v) is 3.18. The molecule has 0 aliphatic heterocycles. The van der Waals surface area contributed by atoms with E-state index in [-0.39, 0.29) is 6.61 Å². The van der Waals surface area contributed by atoms with E-state index < -0.39 is 0 Å². The Morgan fingerprint density at radius 1 is 1.00 bits per heavy atom. The Kier molecular flexibility index (Phi) is 2.48. The maximum Gasteiger partial charge on any atom is 0.0855 e. The van der Waals surface area contributed by atoms with Gasteiger partial charge in [0.05, 0.1) is 12.3 Å². The van der Waals surface area contributed by atoms with Crippen LogP contribution in [0.25, 0.3) is 0 Å². The minimum absolute atomic E-state index is 0.0355. The normalized spacial score (nSPS) is 10.4. The Bertz CT molecular complexity index is 305. The molecule has 1 aromatic heterocycles. The molecular weight excluding hydrogens is 150 g/mol. The molecule has 2 nitrogen and oxygen atoms in total. The molecule has 0 saturated carbocycles. The van der Waals surface area contributed by atoms with Gasteiger partial charge in [0.1, 0.15) is 0 Å². The predicted octanol–water partition coefficient (Wildman–Crippen LogP) is 1.81. The van der Waals surface area contributed by atoms with Crippen LogP contribution in [0.4, 0.5) is 0 Å². The number of aliphatic hydroxyl groups is 1. The van der Waals surface area contributed by atoms with Gasteiger partial charge in [0.25, 0.3) is 0 Å². The molecule has 0 radical (unpaired) electrons. The van der Waals surface area contributed by atoms with Gasteiger partial charge in [-0.3, -0.25) is 4.98 Å². The first-order valence-electron chi connectivity index (χ1n) is 4.12. The number of aliphatic hydroxyl groups excluding tert-OH is 1. The molecule has 0 amide bonds. The summed E-state index contributed by atoms with van der Waals surface area (Å²) in [7, 11) is 0. The lowest BCUT2D eigenvalue weighted by molar-refractivity contribution is 0.275. The molecule has 1 rings (SSSR count). The first kappa shape index (κ1) is 9.20. The number of rotatable bonds is 1. The summed E-state index contributed by atoms with van der Waals surface area (Å²) in [6.45, 7) is 8.14. The number of aryl methyl sites for hydroxylation is 1. The second kappa shape index (κ2) is 3.23. The molecule has 12 heavy (non-hydrogen) atoms. The fraction of sp³-hybridized carbons (Fsp3) is 0.500. The van der Waals surface area contributed by atoms with Crippen LogP contribution in [0.2, 0.25) is 0 Å². The molecule has 0 fully saturated rings. The Morgan fingerprint density at radius 2 is 1.58 bits per heavy atom. The van der Waals surface area contributed by atoms with Crippen LogP contribution in [0.3, 0.4) is 0 Å². The van der Waals surface area contributed by atoms with E-state index in [1.54, 1.807) is 0 Å². The Labute approximate surface area is 73.3 Å². The van der Waals surface area contributed by atoms with Crippen molar-refractivity contribution >= 4 is 0 Å². The Morgan fingerprint density at radius 3 is 2.08 bits per heavy atom. The fourth-order valence-electron chi connectivity index (χ4n) is 1.29. The average molecular weight is 165 g/mol. The number of pyridine rings is 1. The molecular formula is C10H15NO. The van der Waals surface area contributed by atoms with Crippen LogP contribution in [0.1, 0.15) is 28.1 Å². The van der Waals surface area contributed by atoms with Crippen LogP contribution >= 0.6 is 0 Å². The van der Waals surface area contributed by atoms with Gasteiger partial charge in [-0.2, -0.15) is 0 Å². The lowest BCUT2D eigenvalue weighted by Crippen LogP contribution is -2.02. The molecule has 0 unspecified atom stereocenters. The van der Waals surface area contributed by atoms with Crippen molar-refractivity contribution in [1.29, 1.82) is 0 Å². The molecule has 0 spiro atoms. The van der Waals surface area contributed by atoms with Crippen molar-refractivity contribution in [3.63, 3.8) is 0 Å². The summed E-state index contributed by atoms with van der Waals surface area (Å²) in [5, 5.41) is 9.00. The maximum atomic E-state index is 9.00. The summed E-state index contributed by atoms with van der Waals surface area (Å²) >= 11 is 0. The van der Waals surface area contributed by atoms with Crippen molar-refractivity contribution in [2.24, 2.45) is 0 Å². The zero-order chi connectivity index (χ0) is 9.30. The van der Waals surface area contributed by atoms with Crippen LogP contribution in [0, 0.1) is 27.7 Å². The highest BCUT2D eigenvalue weighted by Gasteiger charge is 2.06. The summed E-state index contributed by atoms with van der Waals surface area (Å²) in [5.41, 5.74) is 5.40. The fourth-order valence-corrected chi connectivity index (χ4v) is 1.29. The Hall–Kier alpha value is -0.890. The molecule has 66 valence electrons. The first-order valence-corrected chi connectivity index (χ1v) is 4.12. The Balaban J connectivity index is 3.39. The molecule has 0 aliphatic carbocycles. The van der Waals surface area contributed by atoms with Crippen molar-refractivity contribution in [2.75, 3.05) is 0 Å². The molecule has 0 atom stereocenters. The summed E-state index contributed by atoms with van der Waals surface area (Å²) in [5.74, 6) is 0. The molecule has 1 heterocycles. The zero-order valence-corrected chi connectivity index (χ0v) is 8.10. The van der Waals surface area contributed by atoms with Crippen LogP contribution in [-0.2, 0) is 6.61 Å². The van der Waals surface area contributed by atoms with E-state index in [1.165, 1.54) is 11.1 Å². The largest absolute Gasteiger partial charge is 0.390 e. The van der Waals surface area contributed by atoms with Crippen molar-refractivity contribution in [2.45, 2.75) is 34.3 Å². The minimum Gasteiger partial charge on any atom is -0.390 e. The van der Waals surface area contributed by atoms with E-state index in [0.29, 0.717) is 0 Å². The number of aromatic nitrogens is 1. The van der Waals surface area contributed by atoms with Crippen LogP contribution in [0.5, 0.6) is 0 Å². The standard InChI is InChI=1S/C10H15NO/c1-6-7(2)9(4)11-10(5-12)8(6)3/h12H,5H2,1-4H3. The highest BCUT2D eigenvalue weighted by Crippen LogP contribution is 2.17. The maximum absolute atomic E-state index is 9.00. The van der Waals surface area contributed by atoms with E-state index >= 15 is 0 Å². The van der Waals surface area contributed by atoms with Crippen LogP contribution < -0.4 is 0 Å². The summed E-state index contributed by atoms with van der Waals surface area (Å²) < 4.78 is 0. The van der Waals surface area contributed by atoms with Gasteiger partial charge in [0.2, 0.25) is 0 Å². The van der Waals surface area contributed by atoms with Crippen molar-refractivity contribution in [1.82, 2.24) is 4.98 Å². The van der Waals surface area contributed by atoms with Gasteiger partial charge in [0.15, 0.2) is 0 Å². The summed E-state index contributed by atoms with van der Waals surface area (Å²) in [6, 6.07) is 0. The first-order chi connectivity index (χ1) is 5.57. The van der Waals surface area contributed by atoms with E-state index in [9.17, 15) is 0 Å². The molecule has 0 aromatic carbocycles. The van der Waals surface area contributed by atoms with Gasteiger partial charge in [-0.15, -0.1) is 0 Å². The highest BCUT2D eigenvalue weighted by molar-refractivity contribution is 5.37. The molecule has 0 aliphatic rings. The van der Waals surface area contributed by atoms with E-state index in [1.807, 2.05) is 13.8 Å².